The zero-order valence-corrected chi connectivity index (χ0v) is 14.3. The zero-order chi connectivity index (χ0) is 18.2. The van der Waals surface area contributed by atoms with E-state index in [1.165, 1.54) is 16.2 Å². The maximum absolute atomic E-state index is 12.2. The van der Waals surface area contributed by atoms with Crippen LogP contribution in [0.15, 0.2) is 5.38 Å². The van der Waals surface area contributed by atoms with E-state index in [1.54, 1.807) is 5.38 Å². The summed E-state index contributed by atoms with van der Waals surface area (Å²) < 4.78 is 34.7. The van der Waals surface area contributed by atoms with E-state index in [2.05, 4.69) is 14.7 Å². The largest absolute Gasteiger partial charge is 0.418 e. The monoisotopic (exact) mass is 393 g/mol. The van der Waals surface area contributed by atoms with Crippen LogP contribution in [0.3, 0.4) is 0 Å². The molecule has 1 unspecified atom stereocenters. The normalized spacial score (nSPS) is 23.2. The summed E-state index contributed by atoms with van der Waals surface area (Å²) in [5.74, 6) is -0.552. The fourth-order valence-corrected chi connectivity index (χ4v) is 3.68. The molecule has 0 aliphatic carbocycles. The molecule has 2 atom stereocenters. The van der Waals surface area contributed by atoms with Crippen molar-refractivity contribution in [2.24, 2.45) is 0 Å². The minimum Gasteiger partial charge on any atom is -0.375 e. The summed E-state index contributed by atoms with van der Waals surface area (Å²) in [5.41, 5.74) is 8.28. The number of fused-ring (bicyclic) bond motifs is 2. The molecule has 2 bridgehead atoms. The first-order chi connectivity index (χ1) is 11.7. The molecule has 14 heteroatoms. The molecule has 138 valence electrons. The van der Waals surface area contributed by atoms with Gasteiger partial charge in [0.1, 0.15) is 12.6 Å². The summed E-state index contributed by atoms with van der Waals surface area (Å²) in [5, 5.41) is 2.63. The summed E-state index contributed by atoms with van der Waals surface area (Å²) >= 11 is 1.24. The van der Waals surface area contributed by atoms with Gasteiger partial charge < -0.3 is 10.6 Å². The molecule has 1 aromatic rings. The van der Waals surface area contributed by atoms with Crippen LogP contribution < -0.4 is 11.2 Å². The number of carbonyl (C=O) groups excluding carboxylic acids is 2. The van der Waals surface area contributed by atoms with Gasteiger partial charge in [0.25, 0.3) is 5.91 Å². The minimum atomic E-state index is -4.82. The third-order valence-corrected chi connectivity index (χ3v) is 4.83. The van der Waals surface area contributed by atoms with Gasteiger partial charge in [-0.3, -0.25) is 14.2 Å². The van der Waals surface area contributed by atoms with E-state index in [0.29, 0.717) is 28.7 Å². The van der Waals surface area contributed by atoms with Gasteiger partial charge in [-0.15, -0.1) is 15.6 Å². The number of carbonyl (C=O) groups is 2. The SMILES string of the molecule is Nc1nc(CONC(=O)[C@@H]2CCC3CN2C(=O)N3OS(=O)(=O)O)cs1. The van der Waals surface area contributed by atoms with Crippen molar-refractivity contribution in [1.82, 2.24) is 20.4 Å². The lowest BCUT2D eigenvalue weighted by molar-refractivity contribution is -0.140. The van der Waals surface area contributed by atoms with Crippen molar-refractivity contribution in [2.45, 2.75) is 31.5 Å². The summed E-state index contributed by atoms with van der Waals surface area (Å²) in [6.45, 7) is 0.121. The summed E-state index contributed by atoms with van der Waals surface area (Å²) in [6.07, 6.45) is 0.624. The van der Waals surface area contributed by atoms with Gasteiger partial charge in [-0.25, -0.2) is 15.3 Å². The number of nitrogens with one attached hydrogen (secondary N) is 1. The van der Waals surface area contributed by atoms with E-state index in [-0.39, 0.29) is 13.2 Å². The highest BCUT2D eigenvalue weighted by atomic mass is 32.3. The molecule has 3 rings (SSSR count). The van der Waals surface area contributed by atoms with Gasteiger partial charge in [0.2, 0.25) is 0 Å². The number of piperidine rings is 1. The molecule has 3 heterocycles. The highest BCUT2D eigenvalue weighted by Gasteiger charge is 2.49. The van der Waals surface area contributed by atoms with E-state index in [9.17, 15) is 18.0 Å². The Balaban J connectivity index is 1.56. The first-order valence-electron chi connectivity index (χ1n) is 7.13. The second-order valence-corrected chi connectivity index (χ2v) is 7.34. The Morgan fingerprint density at radius 2 is 2.28 bits per heavy atom. The second kappa shape index (κ2) is 6.72. The van der Waals surface area contributed by atoms with Crippen LogP contribution in [-0.2, 0) is 30.9 Å². The van der Waals surface area contributed by atoms with Gasteiger partial charge in [-0.2, -0.15) is 13.5 Å². The molecule has 3 amide bonds. The molecular weight excluding hydrogens is 378 g/mol. The van der Waals surface area contributed by atoms with Crippen LogP contribution in [-0.4, -0.2) is 58.5 Å². The number of nitrogens with zero attached hydrogens (tertiary/aromatic N) is 3. The van der Waals surface area contributed by atoms with Crippen molar-refractivity contribution < 1.29 is 31.7 Å². The number of hydroxylamine groups is 3. The van der Waals surface area contributed by atoms with Gasteiger partial charge in [0, 0.05) is 11.9 Å². The van der Waals surface area contributed by atoms with E-state index in [4.69, 9.17) is 15.1 Å². The summed E-state index contributed by atoms with van der Waals surface area (Å²) in [4.78, 5) is 34.6. The molecule has 2 aliphatic heterocycles. The summed E-state index contributed by atoms with van der Waals surface area (Å²) in [7, 11) is -4.82. The van der Waals surface area contributed by atoms with E-state index in [0.717, 1.165) is 0 Å². The third kappa shape index (κ3) is 3.98. The molecule has 2 aliphatic rings. The molecule has 25 heavy (non-hydrogen) atoms. The van der Waals surface area contributed by atoms with Crippen molar-refractivity contribution >= 4 is 38.8 Å². The van der Waals surface area contributed by atoms with Crippen LogP contribution in [0.1, 0.15) is 18.5 Å². The van der Waals surface area contributed by atoms with Crippen molar-refractivity contribution in [1.29, 1.82) is 0 Å². The van der Waals surface area contributed by atoms with Crippen molar-refractivity contribution in [3.63, 3.8) is 0 Å². The van der Waals surface area contributed by atoms with Gasteiger partial charge in [0.15, 0.2) is 5.13 Å². The first kappa shape index (κ1) is 17.8. The average Bonchev–Trinajstić information content (AvgIpc) is 3.04. The molecule has 1 aromatic heterocycles. The van der Waals surface area contributed by atoms with Gasteiger partial charge in [-0.05, 0) is 12.8 Å². The fraction of sp³-hybridized carbons (Fsp3) is 0.545. The van der Waals surface area contributed by atoms with Gasteiger partial charge in [0.05, 0.1) is 11.7 Å². The average molecular weight is 393 g/mol. The number of amides is 3. The Kier molecular flexibility index (Phi) is 4.79. The quantitative estimate of drug-likeness (QED) is 0.417. The number of urea groups is 1. The Morgan fingerprint density at radius 1 is 1.52 bits per heavy atom. The number of nitrogen functional groups attached to an aromatic ring is 1. The number of rotatable bonds is 6. The van der Waals surface area contributed by atoms with Crippen molar-refractivity contribution in [3.8, 4) is 0 Å². The molecule has 4 N–H and O–H groups in total. The Bertz CT molecular complexity index is 782. The molecule has 2 saturated heterocycles. The number of hydrogen-bond acceptors (Lipinski definition) is 9. The lowest BCUT2D eigenvalue weighted by Gasteiger charge is -2.28. The summed E-state index contributed by atoms with van der Waals surface area (Å²) in [6, 6.07) is -2.20. The Labute approximate surface area is 146 Å². The standard InChI is InChI=1S/C11H15N5O7S2/c12-10-13-6(5-24-10)4-22-14-9(17)8-2-1-7-3-15(8)11(18)16(7)23-25(19,20)21/h5,7-8H,1-4H2,(H2,12,13)(H,14,17)(H,19,20,21)/t7?,8-/m0/s1. The molecule has 2 fully saturated rings. The fourth-order valence-electron chi connectivity index (χ4n) is 2.74. The number of aromatic nitrogens is 1. The molecule has 12 nitrogen and oxygen atoms in total. The lowest BCUT2D eigenvalue weighted by Crippen LogP contribution is -2.49. The maximum Gasteiger partial charge on any atom is 0.418 e. The molecule has 0 aromatic carbocycles. The lowest BCUT2D eigenvalue weighted by atomic mass is 10.0. The van der Waals surface area contributed by atoms with E-state index < -0.39 is 34.4 Å². The molecule has 0 radical (unpaired) electrons. The number of nitrogens with two attached hydrogens (primary N) is 1. The second-order valence-electron chi connectivity index (χ2n) is 5.44. The minimum absolute atomic E-state index is 0.0146. The van der Waals surface area contributed by atoms with Gasteiger partial charge >= 0.3 is 16.4 Å². The number of thiazole rings is 1. The Hall–Kier alpha value is -2.00. The van der Waals surface area contributed by atoms with Crippen LogP contribution in [0.25, 0.3) is 0 Å². The highest BCUT2D eigenvalue weighted by molar-refractivity contribution is 7.80. The predicted octanol–water partition coefficient (Wildman–Crippen LogP) is -0.724. The van der Waals surface area contributed by atoms with Crippen LogP contribution in [0, 0.1) is 0 Å². The predicted molar refractivity (Wildman–Crippen MR) is 82.8 cm³/mol. The Morgan fingerprint density at radius 3 is 2.92 bits per heavy atom. The van der Waals surface area contributed by atoms with Crippen LogP contribution in [0.5, 0.6) is 0 Å². The maximum atomic E-state index is 12.2. The molecular formula is C11H15N5O7S2. The van der Waals surface area contributed by atoms with E-state index in [1.807, 2.05) is 0 Å². The third-order valence-electron chi connectivity index (χ3n) is 3.76. The van der Waals surface area contributed by atoms with Crippen molar-refractivity contribution in [2.75, 3.05) is 12.3 Å². The first-order valence-corrected chi connectivity index (χ1v) is 9.37. The smallest absolute Gasteiger partial charge is 0.375 e. The van der Waals surface area contributed by atoms with Crippen LogP contribution >= 0.6 is 11.3 Å². The number of hydrogen-bond donors (Lipinski definition) is 3. The van der Waals surface area contributed by atoms with Crippen molar-refractivity contribution in [3.05, 3.63) is 11.1 Å². The van der Waals surface area contributed by atoms with E-state index >= 15 is 0 Å². The zero-order valence-electron chi connectivity index (χ0n) is 12.7. The van der Waals surface area contributed by atoms with Crippen LogP contribution in [0.2, 0.25) is 0 Å². The number of anilines is 1. The van der Waals surface area contributed by atoms with Gasteiger partial charge in [-0.1, -0.05) is 0 Å². The van der Waals surface area contributed by atoms with Crippen LogP contribution in [0.4, 0.5) is 9.93 Å². The topological polar surface area (TPSA) is 164 Å². The molecule has 0 saturated carbocycles. The highest BCUT2D eigenvalue weighted by Crippen LogP contribution is 2.30. The molecule has 0 spiro atoms.